The number of carbonyl (C=O) groups is 3. The molecule has 1 saturated heterocycles. The number of barbiturate groups is 1. The van der Waals surface area contributed by atoms with Crippen LogP contribution < -0.4 is 10.2 Å². The topological polar surface area (TPSA) is 71.4 Å². The van der Waals surface area contributed by atoms with E-state index in [0.717, 1.165) is 26.2 Å². The average Bonchev–Trinajstić information content (AvgIpc) is 3.16. The molecule has 1 N–H and O–H groups in total. The van der Waals surface area contributed by atoms with Gasteiger partial charge in [0.25, 0.3) is 11.8 Å². The number of aromatic nitrogens is 1. The minimum atomic E-state index is -0.757. The summed E-state index contributed by atoms with van der Waals surface area (Å²) >= 11 is 3.45. The van der Waals surface area contributed by atoms with Crippen molar-refractivity contribution >= 4 is 45.5 Å². The second kappa shape index (κ2) is 7.76. The number of rotatable bonds is 3. The van der Waals surface area contributed by atoms with E-state index in [1.165, 1.54) is 6.08 Å². The number of amides is 4. The van der Waals surface area contributed by atoms with E-state index >= 15 is 0 Å². The van der Waals surface area contributed by atoms with Crippen molar-refractivity contribution in [2.45, 2.75) is 13.8 Å². The van der Waals surface area contributed by atoms with Gasteiger partial charge in [-0.15, -0.1) is 0 Å². The molecule has 7 heteroatoms. The van der Waals surface area contributed by atoms with Crippen molar-refractivity contribution in [3.8, 4) is 5.69 Å². The molecule has 2 heterocycles. The monoisotopic (exact) mass is 463 g/mol. The van der Waals surface area contributed by atoms with Gasteiger partial charge in [0.05, 0.1) is 5.69 Å². The van der Waals surface area contributed by atoms with Crippen LogP contribution >= 0.6 is 15.9 Å². The molecule has 0 unspecified atom stereocenters. The SMILES string of the molecule is Cc1ccc(N2C(=O)NC(=O)/C(=C\c3cccn3-c3cccc(Br)c3)C2=O)cc1C. The zero-order valence-corrected chi connectivity index (χ0v) is 17.9. The number of hydrogen-bond acceptors (Lipinski definition) is 3. The summed E-state index contributed by atoms with van der Waals surface area (Å²) in [7, 11) is 0. The minimum absolute atomic E-state index is 0.109. The molecular weight excluding hydrogens is 446 g/mol. The van der Waals surface area contributed by atoms with Gasteiger partial charge in [-0.3, -0.25) is 14.9 Å². The third-order valence-electron chi connectivity index (χ3n) is 5.01. The first-order chi connectivity index (χ1) is 14.3. The number of benzene rings is 2. The molecule has 1 aromatic heterocycles. The van der Waals surface area contributed by atoms with Gasteiger partial charge < -0.3 is 4.57 Å². The normalized spacial score (nSPS) is 15.6. The van der Waals surface area contributed by atoms with E-state index in [9.17, 15) is 14.4 Å². The molecule has 4 rings (SSSR count). The number of anilines is 1. The average molecular weight is 464 g/mol. The Bertz CT molecular complexity index is 1230. The van der Waals surface area contributed by atoms with Crippen molar-refractivity contribution in [1.29, 1.82) is 0 Å². The highest BCUT2D eigenvalue weighted by Gasteiger charge is 2.37. The summed E-state index contributed by atoms with van der Waals surface area (Å²) in [5, 5.41) is 2.27. The third-order valence-corrected chi connectivity index (χ3v) is 5.50. The van der Waals surface area contributed by atoms with Crippen molar-refractivity contribution in [2.24, 2.45) is 0 Å². The first-order valence-electron chi connectivity index (χ1n) is 9.27. The van der Waals surface area contributed by atoms with Gasteiger partial charge in [0.1, 0.15) is 5.57 Å². The first kappa shape index (κ1) is 19.8. The molecule has 150 valence electrons. The summed E-state index contributed by atoms with van der Waals surface area (Å²) in [6.45, 7) is 3.85. The highest BCUT2D eigenvalue weighted by molar-refractivity contribution is 9.10. The Morgan fingerprint density at radius 2 is 1.70 bits per heavy atom. The smallest absolute Gasteiger partial charge is 0.317 e. The molecule has 30 heavy (non-hydrogen) atoms. The maximum atomic E-state index is 13.1. The van der Waals surface area contributed by atoms with Crippen molar-refractivity contribution in [3.05, 3.63) is 87.7 Å². The van der Waals surface area contributed by atoms with Gasteiger partial charge in [-0.05, 0) is 73.5 Å². The molecule has 1 fully saturated rings. The quantitative estimate of drug-likeness (QED) is 0.458. The van der Waals surface area contributed by atoms with Crippen LogP contribution in [0.25, 0.3) is 11.8 Å². The summed E-state index contributed by atoms with van der Waals surface area (Å²) in [6.07, 6.45) is 3.34. The van der Waals surface area contributed by atoms with Crippen LogP contribution in [0.2, 0.25) is 0 Å². The van der Waals surface area contributed by atoms with Crippen molar-refractivity contribution in [2.75, 3.05) is 4.90 Å². The van der Waals surface area contributed by atoms with Crippen LogP contribution in [-0.2, 0) is 9.59 Å². The third kappa shape index (κ3) is 3.59. The number of carbonyl (C=O) groups excluding carboxylic acids is 3. The van der Waals surface area contributed by atoms with E-state index in [-0.39, 0.29) is 5.57 Å². The van der Waals surface area contributed by atoms with E-state index < -0.39 is 17.8 Å². The summed E-state index contributed by atoms with van der Waals surface area (Å²) in [6, 6.07) is 15.8. The summed E-state index contributed by atoms with van der Waals surface area (Å²) < 4.78 is 2.76. The fourth-order valence-electron chi connectivity index (χ4n) is 3.28. The van der Waals surface area contributed by atoms with Gasteiger partial charge in [-0.25, -0.2) is 9.69 Å². The van der Waals surface area contributed by atoms with E-state index in [2.05, 4.69) is 21.2 Å². The fourth-order valence-corrected chi connectivity index (χ4v) is 3.66. The summed E-state index contributed by atoms with van der Waals surface area (Å²) in [5.41, 5.74) is 3.80. The number of hydrogen-bond donors (Lipinski definition) is 1. The molecule has 0 aliphatic carbocycles. The van der Waals surface area contributed by atoms with E-state index in [0.29, 0.717) is 11.4 Å². The largest absolute Gasteiger partial charge is 0.335 e. The second-order valence-corrected chi connectivity index (χ2v) is 7.93. The lowest BCUT2D eigenvalue weighted by atomic mass is 10.1. The fraction of sp³-hybridized carbons (Fsp3) is 0.0870. The second-order valence-electron chi connectivity index (χ2n) is 7.01. The van der Waals surface area contributed by atoms with E-state index in [4.69, 9.17) is 0 Å². The van der Waals surface area contributed by atoms with Crippen molar-refractivity contribution in [3.63, 3.8) is 0 Å². The number of nitrogens with zero attached hydrogens (tertiary/aromatic N) is 2. The molecule has 4 amide bonds. The van der Waals surface area contributed by atoms with Crippen molar-refractivity contribution < 1.29 is 14.4 Å². The molecule has 0 saturated carbocycles. The maximum Gasteiger partial charge on any atom is 0.335 e. The van der Waals surface area contributed by atoms with Gasteiger partial charge in [0.2, 0.25) is 0 Å². The van der Waals surface area contributed by atoms with Crippen LogP contribution in [0.15, 0.2) is 70.8 Å². The molecule has 6 nitrogen and oxygen atoms in total. The van der Waals surface area contributed by atoms with Crippen LogP contribution in [0.4, 0.5) is 10.5 Å². The minimum Gasteiger partial charge on any atom is -0.317 e. The molecular formula is C23H18BrN3O3. The Morgan fingerprint density at radius 1 is 0.900 bits per heavy atom. The molecule has 2 aromatic carbocycles. The molecule has 0 bridgehead atoms. The van der Waals surface area contributed by atoms with Gasteiger partial charge in [-0.2, -0.15) is 0 Å². The molecule has 1 aliphatic heterocycles. The number of nitrogens with one attached hydrogen (secondary N) is 1. The Hall–Kier alpha value is -3.45. The number of aryl methyl sites for hydroxylation is 2. The van der Waals surface area contributed by atoms with Crippen LogP contribution in [0.5, 0.6) is 0 Å². The lowest BCUT2D eigenvalue weighted by molar-refractivity contribution is -0.122. The van der Waals surface area contributed by atoms with E-state index in [1.807, 2.05) is 61.0 Å². The highest BCUT2D eigenvalue weighted by atomic mass is 79.9. The molecule has 0 radical (unpaired) electrons. The molecule has 3 aromatic rings. The number of urea groups is 1. The van der Waals surface area contributed by atoms with Gasteiger partial charge in [-0.1, -0.05) is 28.1 Å². The molecule has 0 spiro atoms. The lowest BCUT2D eigenvalue weighted by Gasteiger charge is -2.27. The maximum absolute atomic E-state index is 13.1. The summed E-state index contributed by atoms with van der Waals surface area (Å²) in [4.78, 5) is 39.0. The molecule has 0 atom stereocenters. The van der Waals surface area contributed by atoms with E-state index in [1.54, 1.807) is 18.2 Å². The number of imide groups is 2. The number of halogens is 1. The van der Waals surface area contributed by atoms with Crippen LogP contribution in [0, 0.1) is 13.8 Å². The Kier molecular flexibility index (Phi) is 5.13. The Labute approximate surface area is 181 Å². The lowest BCUT2D eigenvalue weighted by Crippen LogP contribution is -2.54. The van der Waals surface area contributed by atoms with Gasteiger partial charge in [0.15, 0.2) is 0 Å². The predicted octanol–water partition coefficient (Wildman–Crippen LogP) is 4.52. The van der Waals surface area contributed by atoms with Crippen LogP contribution in [0.1, 0.15) is 16.8 Å². The Balaban J connectivity index is 1.76. The molecule has 1 aliphatic rings. The van der Waals surface area contributed by atoms with Crippen LogP contribution in [0.3, 0.4) is 0 Å². The zero-order chi connectivity index (χ0) is 21.4. The standard InChI is InChI=1S/C23H18BrN3O3/c1-14-8-9-19(11-15(14)2)27-22(29)20(21(28)25-23(27)30)13-18-7-4-10-26(18)17-6-3-5-16(24)12-17/h3-13H,1-2H3,(H,25,28,30)/b20-13+. The summed E-state index contributed by atoms with van der Waals surface area (Å²) in [5.74, 6) is -1.37. The van der Waals surface area contributed by atoms with Gasteiger partial charge >= 0.3 is 6.03 Å². The van der Waals surface area contributed by atoms with Crippen molar-refractivity contribution in [1.82, 2.24) is 9.88 Å². The highest BCUT2D eigenvalue weighted by Crippen LogP contribution is 2.25. The van der Waals surface area contributed by atoms with Gasteiger partial charge in [0, 0.05) is 22.1 Å². The zero-order valence-electron chi connectivity index (χ0n) is 16.3. The first-order valence-corrected chi connectivity index (χ1v) is 10.1. The Morgan fingerprint density at radius 3 is 2.43 bits per heavy atom. The van der Waals surface area contributed by atoms with Crippen LogP contribution in [-0.4, -0.2) is 22.4 Å². The predicted molar refractivity (Wildman–Crippen MR) is 118 cm³/mol.